The van der Waals surface area contributed by atoms with E-state index in [2.05, 4.69) is 10.6 Å². The average Bonchev–Trinajstić information content (AvgIpc) is 3.18. The molecule has 1 aliphatic rings. The van der Waals surface area contributed by atoms with Gasteiger partial charge in [0.25, 0.3) is 5.91 Å². The Morgan fingerprint density at radius 2 is 1.74 bits per heavy atom. The van der Waals surface area contributed by atoms with Crippen molar-refractivity contribution in [3.63, 3.8) is 0 Å². The summed E-state index contributed by atoms with van der Waals surface area (Å²) in [5.74, 6) is 0.0946. The van der Waals surface area contributed by atoms with Gasteiger partial charge in [-0.25, -0.2) is 0 Å². The quantitative estimate of drug-likeness (QED) is 0.679. The van der Waals surface area contributed by atoms with Crippen molar-refractivity contribution in [1.29, 1.82) is 0 Å². The van der Waals surface area contributed by atoms with E-state index in [1.165, 1.54) is 0 Å². The fourth-order valence-corrected chi connectivity index (χ4v) is 3.49. The summed E-state index contributed by atoms with van der Waals surface area (Å²) in [6.45, 7) is 6.93. The van der Waals surface area contributed by atoms with Crippen molar-refractivity contribution in [2.45, 2.75) is 39.7 Å². The molecule has 2 N–H and O–H groups in total. The number of nitrogens with one attached hydrogen (secondary N) is 2. The minimum atomic E-state index is -0.695. The van der Waals surface area contributed by atoms with E-state index in [0.29, 0.717) is 30.0 Å². The van der Waals surface area contributed by atoms with Crippen LogP contribution in [0.3, 0.4) is 0 Å². The minimum Gasteiger partial charge on any atom is -0.494 e. The number of rotatable bonds is 8. The molecular formula is C24H29N3O4. The van der Waals surface area contributed by atoms with Gasteiger partial charge in [-0.1, -0.05) is 13.8 Å². The summed E-state index contributed by atoms with van der Waals surface area (Å²) < 4.78 is 5.39. The van der Waals surface area contributed by atoms with Crippen molar-refractivity contribution < 1.29 is 19.1 Å². The maximum Gasteiger partial charge on any atom is 0.251 e. The molecule has 31 heavy (non-hydrogen) atoms. The molecule has 0 unspecified atom stereocenters. The Labute approximate surface area is 182 Å². The zero-order chi connectivity index (χ0) is 22.4. The van der Waals surface area contributed by atoms with Gasteiger partial charge in [-0.05, 0) is 67.8 Å². The summed E-state index contributed by atoms with van der Waals surface area (Å²) in [5, 5.41) is 5.68. The number of amides is 3. The second kappa shape index (κ2) is 10.1. The smallest absolute Gasteiger partial charge is 0.251 e. The molecular weight excluding hydrogens is 394 g/mol. The van der Waals surface area contributed by atoms with E-state index in [1.807, 2.05) is 32.9 Å². The first-order chi connectivity index (χ1) is 14.9. The van der Waals surface area contributed by atoms with Gasteiger partial charge in [-0.2, -0.15) is 0 Å². The largest absolute Gasteiger partial charge is 0.494 e. The van der Waals surface area contributed by atoms with E-state index >= 15 is 0 Å². The van der Waals surface area contributed by atoms with Gasteiger partial charge in [0.1, 0.15) is 11.8 Å². The summed E-state index contributed by atoms with van der Waals surface area (Å²) in [7, 11) is 0. The van der Waals surface area contributed by atoms with E-state index in [0.717, 1.165) is 18.7 Å². The normalized spacial score (nSPS) is 14.5. The highest BCUT2D eigenvalue weighted by molar-refractivity contribution is 6.01. The molecule has 164 valence electrons. The average molecular weight is 424 g/mol. The van der Waals surface area contributed by atoms with Crippen LogP contribution in [0.2, 0.25) is 0 Å². The van der Waals surface area contributed by atoms with Crippen molar-refractivity contribution in [2.75, 3.05) is 23.4 Å². The highest BCUT2D eigenvalue weighted by Gasteiger charge is 2.25. The topological polar surface area (TPSA) is 87.7 Å². The minimum absolute atomic E-state index is 0.104. The predicted octanol–water partition coefficient (Wildman–Crippen LogP) is 3.61. The lowest BCUT2D eigenvalue weighted by atomic mass is 10.0. The molecule has 2 aromatic rings. The van der Waals surface area contributed by atoms with Crippen LogP contribution in [0, 0.1) is 5.92 Å². The van der Waals surface area contributed by atoms with Crippen LogP contribution in [0.4, 0.5) is 11.4 Å². The molecule has 0 aliphatic carbocycles. The molecule has 0 saturated carbocycles. The van der Waals surface area contributed by atoms with E-state index in [1.54, 1.807) is 41.3 Å². The highest BCUT2D eigenvalue weighted by Crippen LogP contribution is 2.23. The fourth-order valence-electron chi connectivity index (χ4n) is 3.49. The Bertz CT molecular complexity index is 923. The molecule has 0 radical (unpaired) electrons. The molecule has 0 aromatic heterocycles. The van der Waals surface area contributed by atoms with Gasteiger partial charge in [0.05, 0.1) is 6.61 Å². The fraction of sp³-hybridized carbons (Fsp3) is 0.375. The number of carbonyl (C=O) groups excluding carboxylic acids is 3. The van der Waals surface area contributed by atoms with Gasteiger partial charge in [0.2, 0.25) is 11.8 Å². The van der Waals surface area contributed by atoms with Crippen molar-refractivity contribution in [3.05, 3.63) is 54.1 Å². The molecule has 1 aliphatic heterocycles. The number of hydrogen-bond acceptors (Lipinski definition) is 4. The lowest BCUT2D eigenvalue weighted by Gasteiger charge is -2.22. The molecule has 1 saturated heterocycles. The molecule has 1 fully saturated rings. The highest BCUT2D eigenvalue weighted by atomic mass is 16.5. The third-order valence-corrected chi connectivity index (χ3v) is 5.18. The molecule has 3 rings (SSSR count). The van der Waals surface area contributed by atoms with Crippen LogP contribution in [0.5, 0.6) is 5.75 Å². The van der Waals surface area contributed by atoms with Gasteiger partial charge in [0.15, 0.2) is 0 Å². The van der Waals surface area contributed by atoms with Gasteiger partial charge in [0, 0.05) is 29.9 Å². The van der Waals surface area contributed by atoms with Crippen LogP contribution in [0.1, 0.15) is 44.0 Å². The van der Waals surface area contributed by atoms with E-state index < -0.39 is 6.04 Å². The van der Waals surface area contributed by atoms with Crippen LogP contribution < -0.4 is 20.3 Å². The Morgan fingerprint density at radius 1 is 1.06 bits per heavy atom. The molecule has 1 atom stereocenters. The number of hydrogen-bond donors (Lipinski definition) is 2. The van der Waals surface area contributed by atoms with Crippen molar-refractivity contribution >= 4 is 29.1 Å². The SMILES string of the molecule is CCOc1ccc(C(=O)N[C@H](C(=O)Nc2ccc(N3CCCC3=O)cc2)C(C)C)cc1. The summed E-state index contributed by atoms with van der Waals surface area (Å²) in [4.78, 5) is 39.1. The first kappa shape index (κ1) is 22.3. The maximum absolute atomic E-state index is 12.8. The summed E-state index contributed by atoms with van der Waals surface area (Å²) in [6.07, 6.45) is 1.43. The van der Waals surface area contributed by atoms with Crippen LogP contribution in [0.25, 0.3) is 0 Å². The van der Waals surface area contributed by atoms with Crippen LogP contribution in [0.15, 0.2) is 48.5 Å². The number of anilines is 2. The standard InChI is InChI=1S/C24H29N3O4/c1-4-31-20-13-7-17(8-14-20)23(29)26-22(16(2)3)24(30)25-18-9-11-19(12-10-18)27-15-5-6-21(27)28/h7-14,16,22H,4-6,15H2,1-3H3,(H,25,30)(H,26,29)/t22-/m0/s1. The number of benzene rings is 2. The Balaban J connectivity index is 1.63. The monoisotopic (exact) mass is 423 g/mol. The summed E-state index contributed by atoms with van der Waals surface area (Å²) in [5.41, 5.74) is 1.90. The number of ether oxygens (including phenoxy) is 1. The number of carbonyl (C=O) groups is 3. The second-order valence-electron chi connectivity index (χ2n) is 7.84. The summed E-state index contributed by atoms with van der Waals surface area (Å²) in [6, 6.07) is 13.3. The molecule has 0 bridgehead atoms. The third kappa shape index (κ3) is 5.63. The van der Waals surface area contributed by atoms with Gasteiger partial charge < -0.3 is 20.3 Å². The van der Waals surface area contributed by atoms with Crippen molar-refractivity contribution in [1.82, 2.24) is 5.32 Å². The molecule has 7 heteroatoms. The second-order valence-corrected chi connectivity index (χ2v) is 7.84. The van der Waals surface area contributed by atoms with Crippen molar-refractivity contribution in [2.24, 2.45) is 5.92 Å². The van der Waals surface area contributed by atoms with Crippen LogP contribution in [-0.2, 0) is 9.59 Å². The van der Waals surface area contributed by atoms with E-state index in [4.69, 9.17) is 4.74 Å². The maximum atomic E-state index is 12.8. The zero-order valence-electron chi connectivity index (χ0n) is 18.2. The lowest BCUT2D eigenvalue weighted by Crippen LogP contribution is -2.47. The molecule has 0 spiro atoms. The molecule has 1 heterocycles. The zero-order valence-corrected chi connectivity index (χ0v) is 18.2. The molecule has 2 aromatic carbocycles. The molecule has 7 nitrogen and oxygen atoms in total. The van der Waals surface area contributed by atoms with Crippen molar-refractivity contribution in [3.8, 4) is 5.75 Å². The van der Waals surface area contributed by atoms with Gasteiger partial charge >= 0.3 is 0 Å². The Hall–Kier alpha value is -3.35. The first-order valence-electron chi connectivity index (χ1n) is 10.6. The third-order valence-electron chi connectivity index (χ3n) is 5.18. The Kier molecular flexibility index (Phi) is 7.28. The Morgan fingerprint density at radius 3 is 2.29 bits per heavy atom. The summed E-state index contributed by atoms with van der Waals surface area (Å²) >= 11 is 0. The van der Waals surface area contributed by atoms with Gasteiger partial charge in [-0.3, -0.25) is 14.4 Å². The first-order valence-corrected chi connectivity index (χ1v) is 10.6. The van der Waals surface area contributed by atoms with Crippen LogP contribution in [-0.4, -0.2) is 36.9 Å². The van der Waals surface area contributed by atoms with Crippen LogP contribution >= 0.6 is 0 Å². The molecule has 3 amide bonds. The van der Waals surface area contributed by atoms with Gasteiger partial charge in [-0.15, -0.1) is 0 Å². The predicted molar refractivity (Wildman–Crippen MR) is 120 cm³/mol. The van der Waals surface area contributed by atoms with E-state index in [9.17, 15) is 14.4 Å². The number of nitrogens with zero attached hydrogens (tertiary/aromatic N) is 1. The lowest BCUT2D eigenvalue weighted by molar-refractivity contribution is -0.119. The van der Waals surface area contributed by atoms with E-state index in [-0.39, 0.29) is 23.6 Å².